The number of hydrogen-bond acceptors (Lipinski definition) is 3. The molecule has 1 amide bonds. The maximum atomic E-state index is 12.0. The average Bonchev–Trinajstić information content (AvgIpc) is 3.13. The molecular formula is C14H16BrNO3. The molecule has 0 radical (unpaired) electrons. The molecule has 1 aromatic rings. The fourth-order valence-electron chi connectivity index (χ4n) is 1.99. The number of carbonyl (C=O) groups is 2. The minimum Gasteiger partial charge on any atom is -0.467 e. The molecule has 1 saturated carbocycles. The molecule has 0 bridgehead atoms. The van der Waals surface area contributed by atoms with Crippen LogP contribution in [0.1, 0.15) is 24.9 Å². The van der Waals surface area contributed by atoms with Crippen LogP contribution < -0.4 is 5.32 Å². The van der Waals surface area contributed by atoms with Gasteiger partial charge in [-0.1, -0.05) is 35.0 Å². The van der Waals surface area contributed by atoms with E-state index in [4.69, 9.17) is 4.74 Å². The molecule has 1 aliphatic carbocycles. The minimum atomic E-state index is -0.738. The normalized spacial score (nSPS) is 22.5. The zero-order valence-corrected chi connectivity index (χ0v) is 12.4. The van der Waals surface area contributed by atoms with Crippen LogP contribution in [0.5, 0.6) is 0 Å². The van der Waals surface area contributed by atoms with Crippen molar-refractivity contribution in [2.24, 2.45) is 11.8 Å². The van der Waals surface area contributed by atoms with Crippen molar-refractivity contribution in [2.45, 2.75) is 19.4 Å². The maximum absolute atomic E-state index is 12.0. The van der Waals surface area contributed by atoms with E-state index in [1.54, 1.807) is 12.1 Å². The number of benzene rings is 1. The van der Waals surface area contributed by atoms with E-state index in [0.717, 1.165) is 16.5 Å². The van der Waals surface area contributed by atoms with Crippen LogP contribution in [0.15, 0.2) is 28.7 Å². The molecule has 2 rings (SSSR count). The summed E-state index contributed by atoms with van der Waals surface area (Å²) in [5.41, 5.74) is 0.719. The average molecular weight is 326 g/mol. The maximum Gasteiger partial charge on any atom is 0.333 e. The van der Waals surface area contributed by atoms with Gasteiger partial charge in [0.05, 0.1) is 7.11 Å². The van der Waals surface area contributed by atoms with E-state index in [1.165, 1.54) is 7.11 Å². The monoisotopic (exact) mass is 325 g/mol. The van der Waals surface area contributed by atoms with Crippen LogP contribution in [-0.4, -0.2) is 19.0 Å². The van der Waals surface area contributed by atoms with Crippen molar-refractivity contribution in [3.63, 3.8) is 0 Å². The zero-order chi connectivity index (χ0) is 14.0. The molecule has 0 heterocycles. The van der Waals surface area contributed by atoms with Crippen LogP contribution in [0.2, 0.25) is 0 Å². The van der Waals surface area contributed by atoms with E-state index in [2.05, 4.69) is 21.2 Å². The molecule has 0 aliphatic heterocycles. The van der Waals surface area contributed by atoms with E-state index in [0.29, 0.717) is 5.92 Å². The van der Waals surface area contributed by atoms with Crippen LogP contribution >= 0.6 is 15.9 Å². The zero-order valence-electron chi connectivity index (χ0n) is 10.9. The van der Waals surface area contributed by atoms with E-state index < -0.39 is 12.0 Å². The fraction of sp³-hybridized carbons (Fsp3) is 0.429. The first-order valence-electron chi connectivity index (χ1n) is 6.16. The minimum absolute atomic E-state index is 0.0302. The number of methoxy groups -OCH3 is 1. The molecule has 1 aromatic carbocycles. The highest BCUT2D eigenvalue weighted by Gasteiger charge is 2.40. The van der Waals surface area contributed by atoms with Crippen molar-refractivity contribution < 1.29 is 14.3 Å². The van der Waals surface area contributed by atoms with E-state index in [9.17, 15) is 9.59 Å². The van der Waals surface area contributed by atoms with Crippen molar-refractivity contribution in [1.82, 2.24) is 5.32 Å². The summed E-state index contributed by atoms with van der Waals surface area (Å²) < 4.78 is 5.68. The highest BCUT2D eigenvalue weighted by molar-refractivity contribution is 9.10. The Morgan fingerprint density at radius 3 is 2.42 bits per heavy atom. The van der Waals surface area contributed by atoms with Crippen LogP contribution in [0.25, 0.3) is 0 Å². The Kier molecular flexibility index (Phi) is 4.24. The largest absolute Gasteiger partial charge is 0.467 e. The first kappa shape index (κ1) is 14.1. The molecule has 0 saturated heterocycles. The number of carbonyl (C=O) groups excluding carboxylic acids is 2. The Bertz CT molecular complexity index is 486. The Labute approximate surface area is 120 Å². The van der Waals surface area contributed by atoms with Gasteiger partial charge >= 0.3 is 5.97 Å². The fourth-order valence-corrected chi connectivity index (χ4v) is 2.25. The molecule has 3 atom stereocenters. The molecule has 0 spiro atoms. The first-order valence-corrected chi connectivity index (χ1v) is 6.96. The van der Waals surface area contributed by atoms with Gasteiger partial charge in [-0.25, -0.2) is 4.79 Å². The third-order valence-electron chi connectivity index (χ3n) is 3.37. The van der Waals surface area contributed by atoms with Gasteiger partial charge in [-0.3, -0.25) is 4.79 Å². The molecule has 4 nitrogen and oxygen atoms in total. The van der Waals surface area contributed by atoms with Crippen LogP contribution in [0.3, 0.4) is 0 Å². The molecular weight excluding hydrogens is 310 g/mol. The van der Waals surface area contributed by atoms with Crippen molar-refractivity contribution in [3.8, 4) is 0 Å². The van der Waals surface area contributed by atoms with Gasteiger partial charge in [0, 0.05) is 10.4 Å². The predicted molar refractivity (Wildman–Crippen MR) is 74.3 cm³/mol. The third kappa shape index (κ3) is 3.35. The molecule has 1 fully saturated rings. The number of rotatable bonds is 4. The summed E-state index contributed by atoms with van der Waals surface area (Å²) in [5.74, 6) is -0.0967. The standard InChI is InChI=1S/C14H16BrNO3/c1-8-7-11(8)13(17)16-12(14(18)19-2)9-3-5-10(15)6-4-9/h3-6,8,11-12H,7H2,1-2H3,(H,16,17)/t8-,11-,12+/m0/s1. The first-order chi connectivity index (χ1) is 9.02. The van der Waals surface area contributed by atoms with Gasteiger partial charge < -0.3 is 10.1 Å². The van der Waals surface area contributed by atoms with Gasteiger partial charge in [-0.2, -0.15) is 0 Å². The molecule has 5 heteroatoms. The molecule has 1 N–H and O–H groups in total. The summed E-state index contributed by atoms with van der Waals surface area (Å²) in [7, 11) is 1.32. The van der Waals surface area contributed by atoms with E-state index >= 15 is 0 Å². The van der Waals surface area contributed by atoms with Gasteiger partial charge in [0.1, 0.15) is 0 Å². The Balaban J connectivity index is 2.14. The summed E-state index contributed by atoms with van der Waals surface area (Å²) in [5, 5.41) is 2.77. The molecule has 0 aromatic heterocycles. The number of hydrogen-bond donors (Lipinski definition) is 1. The summed E-state index contributed by atoms with van der Waals surface area (Å²) in [6, 6.07) is 6.51. The number of nitrogens with one attached hydrogen (secondary N) is 1. The highest BCUT2D eigenvalue weighted by Crippen LogP contribution is 2.38. The van der Waals surface area contributed by atoms with Gasteiger partial charge in [-0.15, -0.1) is 0 Å². The smallest absolute Gasteiger partial charge is 0.333 e. The van der Waals surface area contributed by atoms with E-state index in [1.807, 2.05) is 19.1 Å². The summed E-state index contributed by atoms with van der Waals surface area (Å²) in [4.78, 5) is 23.8. The number of ether oxygens (including phenoxy) is 1. The van der Waals surface area contributed by atoms with Crippen LogP contribution in [0, 0.1) is 11.8 Å². The number of esters is 1. The lowest BCUT2D eigenvalue weighted by Gasteiger charge is -2.17. The second kappa shape index (κ2) is 5.74. The van der Waals surface area contributed by atoms with Crippen LogP contribution in [-0.2, 0) is 14.3 Å². The lowest BCUT2D eigenvalue weighted by atomic mass is 10.1. The molecule has 0 unspecified atom stereocenters. The summed E-state index contributed by atoms with van der Waals surface area (Å²) in [6.45, 7) is 2.02. The van der Waals surface area contributed by atoms with Gasteiger partial charge in [0.2, 0.25) is 5.91 Å². The Morgan fingerprint density at radius 1 is 1.37 bits per heavy atom. The molecule has 102 valence electrons. The quantitative estimate of drug-likeness (QED) is 0.865. The number of amides is 1. The van der Waals surface area contributed by atoms with Crippen molar-refractivity contribution >= 4 is 27.8 Å². The van der Waals surface area contributed by atoms with Gasteiger partial charge in [0.15, 0.2) is 6.04 Å². The predicted octanol–water partition coefficient (Wildman–Crippen LogP) is 2.44. The van der Waals surface area contributed by atoms with Crippen molar-refractivity contribution in [1.29, 1.82) is 0 Å². The lowest BCUT2D eigenvalue weighted by molar-refractivity contribution is -0.145. The van der Waals surface area contributed by atoms with Crippen molar-refractivity contribution in [3.05, 3.63) is 34.3 Å². The van der Waals surface area contributed by atoms with Gasteiger partial charge in [0.25, 0.3) is 0 Å². The Morgan fingerprint density at radius 2 is 1.95 bits per heavy atom. The topological polar surface area (TPSA) is 55.4 Å². The SMILES string of the molecule is COC(=O)[C@H](NC(=O)[C@H]1C[C@@H]1C)c1ccc(Br)cc1. The Hall–Kier alpha value is -1.36. The third-order valence-corrected chi connectivity index (χ3v) is 3.90. The lowest BCUT2D eigenvalue weighted by Crippen LogP contribution is -2.35. The van der Waals surface area contributed by atoms with Crippen LogP contribution in [0.4, 0.5) is 0 Å². The second-order valence-electron chi connectivity index (χ2n) is 4.84. The summed E-state index contributed by atoms with van der Waals surface area (Å²) >= 11 is 3.34. The highest BCUT2D eigenvalue weighted by atomic mass is 79.9. The van der Waals surface area contributed by atoms with Crippen molar-refractivity contribution in [2.75, 3.05) is 7.11 Å². The molecule has 19 heavy (non-hydrogen) atoms. The van der Waals surface area contributed by atoms with E-state index in [-0.39, 0.29) is 11.8 Å². The summed E-state index contributed by atoms with van der Waals surface area (Å²) in [6.07, 6.45) is 0.889. The number of halogens is 1. The van der Waals surface area contributed by atoms with Gasteiger partial charge in [-0.05, 0) is 30.0 Å². The second-order valence-corrected chi connectivity index (χ2v) is 5.75. The molecule has 1 aliphatic rings.